The number of rotatable bonds is 5. The van der Waals surface area contributed by atoms with E-state index in [9.17, 15) is 13.2 Å². The first-order valence-corrected chi connectivity index (χ1v) is 10.0. The van der Waals surface area contributed by atoms with Crippen molar-refractivity contribution in [2.24, 2.45) is 16.8 Å². The Morgan fingerprint density at radius 2 is 1.80 bits per heavy atom. The maximum Gasteiger partial charge on any atom is 0.389 e. The molecule has 1 saturated carbocycles. The highest BCUT2D eigenvalue weighted by Gasteiger charge is 2.30. The van der Waals surface area contributed by atoms with Crippen molar-refractivity contribution in [3.8, 4) is 0 Å². The summed E-state index contributed by atoms with van der Waals surface area (Å²) in [5.74, 6) is 1.32. The predicted molar refractivity (Wildman–Crippen MR) is 96.0 cm³/mol. The first-order valence-electron chi connectivity index (χ1n) is 10.0. The van der Waals surface area contributed by atoms with Gasteiger partial charge in [0, 0.05) is 24.6 Å². The van der Waals surface area contributed by atoms with Crippen molar-refractivity contribution in [3.63, 3.8) is 0 Å². The fourth-order valence-corrected chi connectivity index (χ4v) is 4.52. The number of aliphatic imine (C=N–C) groups is 1. The van der Waals surface area contributed by atoms with Crippen molar-refractivity contribution >= 4 is 5.71 Å². The number of nitrogens with zero attached hydrogens (tertiary/aromatic N) is 2. The molecule has 3 aliphatic rings. The van der Waals surface area contributed by atoms with E-state index in [0.717, 1.165) is 31.8 Å². The topological polar surface area (TPSA) is 15.6 Å². The highest BCUT2D eigenvalue weighted by Crippen LogP contribution is 2.30. The standard InChI is InChI=1S/C20H31F3N2/c21-20(22,23)12-8-18-7-6-17-10-14-25(15-11-19(17)24-18)13-9-16-4-2-1-3-5-16/h6-7,16-17,19H,1-5,8-15H2. The number of hydrogen-bond acceptors (Lipinski definition) is 2. The van der Waals surface area contributed by atoms with Crippen LogP contribution in [0.1, 0.15) is 64.2 Å². The van der Waals surface area contributed by atoms with Crippen LogP contribution in [0.2, 0.25) is 0 Å². The Balaban J connectivity index is 1.46. The summed E-state index contributed by atoms with van der Waals surface area (Å²) < 4.78 is 37.2. The van der Waals surface area contributed by atoms with Gasteiger partial charge in [0.1, 0.15) is 0 Å². The summed E-state index contributed by atoms with van der Waals surface area (Å²) in [5.41, 5.74) is 0.634. The number of dihydropyridines is 1. The van der Waals surface area contributed by atoms with E-state index < -0.39 is 12.6 Å². The SMILES string of the molecule is FC(F)(F)CCC1=NC2CCN(CCC3CCCCC3)CCC2C=C1. The van der Waals surface area contributed by atoms with Gasteiger partial charge in [-0.2, -0.15) is 13.2 Å². The van der Waals surface area contributed by atoms with Crippen LogP contribution < -0.4 is 0 Å². The molecule has 0 bridgehead atoms. The molecule has 25 heavy (non-hydrogen) atoms. The quantitative estimate of drug-likeness (QED) is 0.645. The van der Waals surface area contributed by atoms with Crippen molar-refractivity contribution in [3.05, 3.63) is 12.2 Å². The van der Waals surface area contributed by atoms with Gasteiger partial charge in [-0.3, -0.25) is 4.99 Å². The van der Waals surface area contributed by atoms with Crippen LogP contribution in [0, 0.1) is 11.8 Å². The summed E-state index contributed by atoms with van der Waals surface area (Å²) in [6.07, 6.45) is 9.50. The van der Waals surface area contributed by atoms with E-state index in [0.29, 0.717) is 11.6 Å². The lowest BCUT2D eigenvalue weighted by Gasteiger charge is -2.26. The molecule has 0 aromatic rings. The minimum Gasteiger partial charge on any atom is -0.303 e. The molecule has 0 spiro atoms. The van der Waals surface area contributed by atoms with Gasteiger partial charge < -0.3 is 4.90 Å². The van der Waals surface area contributed by atoms with Gasteiger partial charge in [0.05, 0.1) is 6.04 Å². The van der Waals surface area contributed by atoms with E-state index in [2.05, 4.69) is 16.0 Å². The van der Waals surface area contributed by atoms with Crippen LogP contribution in [0.25, 0.3) is 0 Å². The van der Waals surface area contributed by atoms with E-state index in [1.807, 2.05) is 6.08 Å². The monoisotopic (exact) mass is 356 g/mol. The second kappa shape index (κ2) is 8.70. The van der Waals surface area contributed by atoms with Crippen molar-refractivity contribution in [1.29, 1.82) is 0 Å². The van der Waals surface area contributed by atoms with Crippen LogP contribution in [-0.4, -0.2) is 42.5 Å². The van der Waals surface area contributed by atoms with E-state index in [4.69, 9.17) is 0 Å². The van der Waals surface area contributed by atoms with Gasteiger partial charge in [-0.05, 0) is 50.8 Å². The van der Waals surface area contributed by atoms with E-state index >= 15 is 0 Å². The zero-order valence-electron chi connectivity index (χ0n) is 15.1. The van der Waals surface area contributed by atoms with Gasteiger partial charge in [-0.1, -0.05) is 38.2 Å². The molecule has 2 aliphatic heterocycles. The van der Waals surface area contributed by atoms with Crippen LogP contribution in [0.3, 0.4) is 0 Å². The molecule has 2 nitrogen and oxygen atoms in total. The molecular formula is C20H31F3N2. The lowest BCUT2D eigenvalue weighted by molar-refractivity contribution is -0.132. The molecule has 2 fully saturated rings. The van der Waals surface area contributed by atoms with Gasteiger partial charge in [0.25, 0.3) is 0 Å². The summed E-state index contributed by atoms with van der Waals surface area (Å²) in [4.78, 5) is 7.22. The average Bonchev–Trinajstić information content (AvgIpc) is 2.80. The molecule has 0 aromatic heterocycles. The summed E-state index contributed by atoms with van der Waals surface area (Å²) in [5, 5.41) is 0. The zero-order valence-corrected chi connectivity index (χ0v) is 15.1. The normalized spacial score (nSPS) is 29.2. The van der Waals surface area contributed by atoms with Gasteiger partial charge in [0.15, 0.2) is 0 Å². The van der Waals surface area contributed by atoms with Crippen molar-refractivity contribution < 1.29 is 13.2 Å². The Morgan fingerprint density at radius 3 is 2.56 bits per heavy atom. The van der Waals surface area contributed by atoms with Crippen LogP contribution in [-0.2, 0) is 0 Å². The molecular weight excluding hydrogens is 325 g/mol. The Hall–Kier alpha value is -0.840. The highest BCUT2D eigenvalue weighted by molar-refractivity contribution is 5.95. The first-order chi connectivity index (χ1) is 12.0. The van der Waals surface area contributed by atoms with E-state index in [1.165, 1.54) is 45.1 Å². The van der Waals surface area contributed by atoms with Gasteiger partial charge >= 0.3 is 6.18 Å². The molecule has 2 unspecified atom stereocenters. The van der Waals surface area contributed by atoms with Crippen molar-refractivity contribution in [2.75, 3.05) is 19.6 Å². The van der Waals surface area contributed by atoms with Crippen LogP contribution in [0.4, 0.5) is 13.2 Å². The number of alkyl halides is 3. The Kier molecular flexibility index (Phi) is 6.59. The van der Waals surface area contributed by atoms with Gasteiger partial charge in [0.2, 0.25) is 0 Å². The summed E-state index contributed by atoms with van der Waals surface area (Å²) in [6.45, 7) is 3.32. The predicted octanol–water partition coefficient (Wildman–Crippen LogP) is 5.39. The second-order valence-corrected chi connectivity index (χ2v) is 8.04. The molecule has 0 radical (unpaired) electrons. The molecule has 0 amide bonds. The molecule has 142 valence electrons. The molecule has 1 aliphatic carbocycles. The fourth-order valence-electron chi connectivity index (χ4n) is 4.52. The smallest absolute Gasteiger partial charge is 0.303 e. The third-order valence-electron chi connectivity index (χ3n) is 6.12. The second-order valence-electron chi connectivity index (χ2n) is 8.04. The van der Waals surface area contributed by atoms with Crippen LogP contribution in [0.15, 0.2) is 17.1 Å². The lowest BCUT2D eigenvalue weighted by atomic mass is 9.87. The number of fused-ring (bicyclic) bond motifs is 1. The molecule has 2 atom stereocenters. The zero-order chi connectivity index (χ0) is 17.7. The van der Waals surface area contributed by atoms with Crippen LogP contribution in [0.5, 0.6) is 0 Å². The maximum absolute atomic E-state index is 12.4. The summed E-state index contributed by atoms with van der Waals surface area (Å²) in [7, 11) is 0. The third-order valence-corrected chi connectivity index (χ3v) is 6.12. The number of halogens is 3. The molecule has 1 saturated heterocycles. The average molecular weight is 356 g/mol. The maximum atomic E-state index is 12.4. The Morgan fingerprint density at radius 1 is 1.04 bits per heavy atom. The molecule has 0 aromatic carbocycles. The van der Waals surface area contributed by atoms with Gasteiger partial charge in [-0.25, -0.2) is 0 Å². The molecule has 2 heterocycles. The summed E-state index contributed by atoms with van der Waals surface area (Å²) in [6, 6.07) is 0.188. The third kappa shape index (κ3) is 6.12. The molecule has 3 rings (SSSR count). The number of hydrogen-bond donors (Lipinski definition) is 0. The van der Waals surface area contributed by atoms with Gasteiger partial charge in [-0.15, -0.1) is 0 Å². The number of allylic oxidation sites excluding steroid dienone is 1. The lowest BCUT2D eigenvalue weighted by Crippen LogP contribution is -2.28. The summed E-state index contributed by atoms with van der Waals surface area (Å²) >= 11 is 0. The Bertz CT molecular complexity index is 478. The fraction of sp³-hybridized carbons (Fsp3) is 0.850. The van der Waals surface area contributed by atoms with E-state index in [1.54, 1.807) is 0 Å². The van der Waals surface area contributed by atoms with Crippen molar-refractivity contribution in [1.82, 2.24) is 4.90 Å². The highest BCUT2D eigenvalue weighted by atomic mass is 19.4. The van der Waals surface area contributed by atoms with Crippen molar-refractivity contribution in [2.45, 2.75) is 76.4 Å². The largest absolute Gasteiger partial charge is 0.389 e. The minimum atomic E-state index is -4.09. The Labute approximate surface area is 149 Å². The first kappa shape index (κ1) is 18.9. The van der Waals surface area contributed by atoms with Crippen LogP contribution >= 0.6 is 0 Å². The number of likely N-dealkylation sites (tertiary alicyclic amines) is 1. The molecule has 5 heteroatoms. The molecule has 0 N–H and O–H groups in total. The minimum absolute atomic E-state index is 0.0224. The van der Waals surface area contributed by atoms with E-state index in [-0.39, 0.29) is 12.5 Å².